The molecule has 0 bridgehead atoms. The predicted octanol–water partition coefficient (Wildman–Crippen LogP) is 4.42. The first-order valence-electron chi connectivity index (χ1n) is 10.6. The van der Waals surface area contributed by atoms with E-state index in [1.807, 2.05) is 48.2 Å². The van der Waals surface area contributed by atoms with Gasteiger partial charge in [-0.3, -0.25) is 9.59 Å². The number of Topliss-reactive ketones (excluding diaryl/α,β-unsaturated/α-hetero) is 1. The van der Waals surface area contributed by atoms with Gasteiger partial charge < -0.3 is 20.0 Å². The molecule has 1 aliphatic carbocycles. The number of ketones is 1. The number of carbonyl (C=O) groups excluding carboxylic acids is 2. The monoisotopic (exact) mass is 407 g/mol. The van der Waals surface area contributed by atoms with Gasteiger partial charge in [-0.25, -0.2) is 0 Å². The third-order valence-electron chi connectivity index (χ3n) is 5.70. The van der Waals surface area contributed by atoms with Crippen LogP contribution in [0.5, 0.6) is 0 Å². The smallest absolute Gasteiger partial charge is 0.239 e. The van der Waals surface area contributed by atoms with Crippen molar-refractivity contribution in [2.75, 3.05) is 23.3 Å². The topological polar surface area (TPSA) is 74.6 Å². The number of hydrogen-bond acceptors (Lipinski definition) is 5. The van der Waals surface area contributed by atoms with Crippen LogP contribution in [0.25, 0.3) is 0 Å². The summed E-state index contributed by atoms with van der Waals surface area (Å²) in [6.45, 7) is 7.02. The molecule has 2 N–H and O–H groups in total. The second-order valence-electron chi connectivity index (χ2n) is 8.87. The Morgan fingerprint density at radius 3 is 2.77 bits per heavy atom. The molecule has 158 valence electrons. The van der Waals surface area contributed by atoms with Gasteiger partial charge in [-0.15, -0.1) is 0 Å². The van der Waals surface area contributed by atoms with Crippen molar-refractivity contribution in [1.29, 1.82) is 0 Å². The van der Waals surface area contributed by atoms with Gasteiger partial charge in [0.2, 0.25) is 5.91 Å². The normalized spacial score (nSPS) is 20.2. The molecule has 1 atom stereocenters. The van der Waals surface area contributed by atoms with Gasteiger partial charge in [0.05, 0.1) is 24.2 Å². The van der Waals surface area contributed by atoms with E-state index in [1.165, 1.54) is 0 Å². The molecule has 2 aliphatic rings. The van der Waals surface area contributed by atoms with Crippen LogP contribution < -0.4 is 15.5 Å². The molecule has 1 aliphatic heterocycles. The van der Waals surface area contributed by atoms with E-state index >= 15 is 0 Å². The minimum atomic E-state index is -0.456. The van der Waals surface area contributed by atoms with Crippen molar-refractivity contribution in [1.82, 2.24) is 5.32 Å². The molecule has 6 heteroatoms. The zero-order chi connectivity index (χ0) is 21.3. The molecule has 30 heavy (non-hydrogen) atoms. The van der Waals surface area contributed by atoms with Gasteiger partial charge in [-0.2, -0.15) is 0 Å². The van der Waals surface area contributed by atoms with E-state index in [0.717, 1.165) is 29.9 Å². The Morgan fingerprint density at radius 1 is 1.23 bits per heavy atom. The summed E-state index contributed by atoms with van der Waals surface area (Å²) >= 11 is 0. The zero-order valence-corrected chi connectivity index (χ0v) is 17.8. The Labute approximate surface area is 177 Å². The summed E-state index contributed by atoms with van der Waals surface area (Å²) in [5, 5.41) is 6.49. The lowest BCUT2D eigenvalue weighted by atomic mass is 9.74. The van der Waals surface area contributed by atoms with Crippen molar-refractivity contribution in [3.05, 3.63) is 59.7 Å². The number of nitrogens with one attached hydrogen (secondary N) is 2. The molecule has 6 nitrogen and oxygen atoms in total. The Balaban J connectivity index is 1.87. The molecule has 1 aromatic heterocycles. The average Bonchev–Trinajstić information content (AvgIpc) is 3.17. The largest absolute Gasteiger partial charge is 0.467 e. The number of rotatable bonds is 5. The quantitative estimate of drug-likeness (QED) is 0.767. The summed E-state index contributed by atoms with van der Waals surface area (Å²) in [7, 11) is 0. The van der Waals surface area contributed by atoms with E-state index in [4.69, 9.17) is 4.42 Å². The van der Waals surface area contributed by atoms with E-state index in [2.05, 4.69) is 24.5 Å². The highest BCUT2D eigenvalue weighted by Crippen LogP contribution is 2.48. The Hall–Kier alpha value is -3.02. The Bertz CT molecular complexity index is 975. The Kier molecular flexibility index (Phi) is 5.41. The summed E-state index contributed by atoms with van der Waals surface area (Å²) in [5.41, 5.74) is 3.27. The number of anilines is 2. The highest BCUT2D eigenvalue weighted by atomic mass is 16.3. The van der Waals surface area contributed by atoms with Gasteiger partial charge >= 0.3 is 0 Å². The molecular weight excluding hydrogens is 378 g/mol. The molecule has 0 spiro atoms. The first kappa shape index (κ1) is 20.3. The molecule has 0 fully saturated rings. The molecular formula is C24H29N3O3. The maximum absolute atomic E-state index is 13.4. The number of benzene rings is 1. The Morgan fingerprint density at radius 2 is 2.03 bits per heavy atom. The number of carbonyl (C=O) groups is 2. The number of para-hydroxylation sites is 2. The van der Waals surface area contributed by atoms with Gasteiger partial charge in [0.25, 0.3) is 0 Å². The van der Waals surface area contributed by atoms with Crippen LogP contribution in [-0.4, -0.2) is 24.8 Å². The standard InChI is InChI=1S/C24H29N3O3/c1-4-11-25-21(29)15-27-18-9-6-5-8-16(18)26-17-13-24(2,3)14-19(28)22(17)23(27)20-10-7-12-30-20/h5-10,12,23,26H,4,11,13-15H2,1-3H3,(H,25,29). The first-order valence-corrected chi connectivity index (χ1v) is 10.6. The fourth-order valence-electron chi connectivity index (χ4n) is 4.44. The number of furan rings is 1. The van der Waals surface area contributed by atoms with Crippen LogP contribution in [-0.2, 0) is 9.59 Å². The lowest BCUT2D eigenvalue weighted by Crippen LogP contribution is -2.42. The molecule has 2 heterocycles. The summed E-state index contributed by atoms with van der Waals surface area (Å²) in [5.74, 6) is 0.690. The summed E-state index contributed by atoms with van der Waals surface area (Å²) in [4.78, 5) is 28.1. The zero-order valence-electron chi connectivity index (χ0n) is 17.8. The van der Waals surface area contributed by atoms with Gasteiger partial charge in [-0.1, -0.05) is 32.9 Å². The molecule has 2 aromatic rings. The van der Waals surface area contributed by atoms with Crippen LogP contribution in [0, 0.1) is 5.41 Å². The second kappa shape index (κ2) is 8.01. The van der Waals surface area contributed by atoms with E-state index in [9.17, 15) is 9.59 Å². The van der Waals surface area contributed by atoms with Crippen molar-refractivity contribution in [2.45, 2.75) is 46.1 Å². The molecule has 0 radical (unpaired) electrons. The van der Waals surface area contributed by atoms with E-state index in [0.29, 0.717) is 24.3 Å². The van der Waals surface area contributed by atoms with Gasteiger partial charge in [-0.05, 0) is 42.5 Å². The molecule has 1 unspecified atom stereocenters. The van der Waals surface area contributed by atoms with Crippen molar-refractivity contribution < 1.29 is 14.0 Å². The van der Waals surface area contributed by atoms with Gasteiger partial charge in [0, 0.05) is 24.2 Å². The van der Waals surface area contributed by atoms with E-state index in [-0.39, 0.29) is 23.7 Å². The lowest BCUT2D eigenvalue weighted by molar-refractivity contribution is -0.120. The highest BCUT2D eigenvalue weighted by molar-refractivity contribution is 6.01. The maximum atomic E-state index is 13.4. The number of fused-ring (bicyclic) bond motifs is 1. The third-order valence-corrected chi connectivity index (χ3v) is 5.70. The van der Waals surface area contributed by atoms with Crippen LogP contribution in [0.15, 0.2) is 58.3 Å². The highest BCUT2D eigenvalue weighted by Gasteiger charge is 2.42. The van der Waals surface area contributed by atoms with Crippen molar-refractivity contribution >= 4 is 23.1 Å². The first-order chi connectivity index (χ1) is 14.4. The average molecular weight is 408 g/mol. The fourth-order valence-corrected chi connectivity index (χ4v) is 4.44. The van der Waals surface area contributed by atoms with Crippen LogP contribution >= 0.6 is 0 Å². The van der Waals surface area contributed by atoms with Crippen molar-refractivity contribution in [2.24, 2.45) is 5.41 Å². The van der Waals surface area contributed by atoms with Crippen LogP contribution in [0.4, 0.5) is 11.4 Å². The number of allylic oxidation sites excluding steroid dienone is 1. The molecule has 4 rings (SSSR count). The second-order valence-corrected chi connectivity index (χ2v) is 8.87. The van der Waals surface area contributed by atoms with Gasteiger partial charge in [0.1, 0.15) is 11.8 Å². The van der Waals surface area contributed by atoms with Crippen LogP contribution in [0.2, 0.25) is 0 Å². The SMILES string of the molecule is CCCNC(=O)CN1c2ccccc2NC2=C(C(=O)CC(C)(C)C2)C1c1ccco1. The minimum absolute atomic E-state index is 0.0733. The van der Waals surface area contributed by atoms with Crippen LogP contribution in [0.3, 0.4) is 0 Å². The molecule has 1 amide bonds. The molecule has 1 aromatic carbocycles. The summed E-state index contributed by atoms with van der Waals surface area (Å²) in [6.07, 6.45) is 3.72. The fraction of sp³-hybridized carbons (Fsp3) is 0.417. The summed E-state index contributed by atoms with van der Waals surface area (Å²) < 4.78 is 5.80. The van der Waals surface area contributed by atoms with E-state index in [1.54, 1.807) is 6.26 Å². The summed E-state index contributed by atoms with van der Waals surface area (Å²) in [6, 6.07) is 11.1. The molecule has 0 saturated heterocycles. The molecule has 0 saturated carbocycles. The number of amides is 1. The number of nitrogens with zero attached hydrogens (tertiary/aromatic N) is 1. The van der Waals surface area contributed by atoms with Crippen molar-refractivity contribution in [3.8, 4) is 0 Å². The predicted molar refractivity (Wildman–Crippen MR) is 117 cm³/mol. The third kappa shape index (κ3) is 3.86. The maximum Gasteiger partial charge on any atom is 0.239 e. The van der Waals surface area contributed by atoms with Gasteiger partial charge in [0.15, 0.2) is 5.78 Å². The van der Waals surface area contributed by atoms with Crippen molar-refractivity contribution in [3.63, 3.8) is 0 Å². The lowest BCUT2D eigenvalue weighted by Gasteiger charge is -2.36. The van der Waals surface area contributed by atoms with E-state index < -0.39 is 6.04 Å². The van der Waals surface area contributed by atoms with Crippen LogP contribution in [0.1, 0.15) is 51.8 Å². The minimum Gasteiger partial charge on any atom is -0.467 e. The number of hydrogen-bond donors (Lipinski definition) is 2.